The van der Waals surface area contributed by atoms with Gasteiger partial charge in [-0.25, -0.2) is 17.9 Å². The molecule has 0 aromatic heterocycles. The number of rotatable bonds is 4. The number of benzene rings is 3. The van der Waals surface area contributed by atoms with E-state index in [9.17, 15) is 13.2 Å². The van der Waals surface area contributed by atoms with E-state index in [1.54, 1.807) is 61.5 Å². The topological polar surface area (TPSA) is 72.5 Å². The lowest BCUT2D eigenvalue weighted by Crippen LogP contribution is -2.33. The van der Waals surface area contributed by atoms with E-state index < -0.39 is 16.1 Å². The molecule has 3 aromatic carbocycles. The third-order valence-electron chi connectivity index (χ3n) is 3.78. The van der Waals surface area contributed by atoms with Crippen LogP contribution in [0, 0.1) is 6.92 Å². The van der Waals surface area contributed by atoms with Crippen molar-refractivity contribution in [1.29, 1.82) is 0 Å². The number of carbonyl (C=O) groups excluding carboxylic acids is 1. The van der Waals surface area contributed by atoms with Gasteiger partial charge in [-0.1, -0.05) is 66.7 Å². The zero-order valence-corrected chi connectivity index (χ0v) is 14.9. The molecule has 6 heteroatoms. The second-order valence-electron chi connectivity index (χ2n) is 5.62. The van der Waals surface area contributed by atoms with Crippen molar-refractivity contribution in [1.82, 2.24) is 4.72 Å². The summed E-state index contributed by atoms with van der Waals surface area (Å²) in [4.78, 5) is 12.1. The van der Waals surface area contributed by atoms with E-state index in [0.717, 1.165) is 11.1 Å². The summed E-state index contributed by atoms with van der Waals surface area (Å²) in [5, 5.41) is 0. The summed E-state index contributed by atoms with van der Waals surface area (Å²) in [6.07, 6.45) is -1.05. The lowest BCUT2D eigenvalue weighted by atomic mass is 10.1. The van der Waals surface area contributed by atoms with Crippen LogP contribution in [0.15, 0.2) is 83.8 Å². The lowest BCUT2D eigenvalue weighted by molar-refractivity contribution is 0.206. The normalized spacial score (nSPS) is 11.0. The minimum atomic E-state index is -4.10. The Balaban J connectivity index is 1.88. The van der Waals surface area contributed by atoms with Gasteiger partial charge in [-0.05, 0) is 30.2 Å². The fourth-order valence-electron chi connectivity index (χ4n) is 2.51. The molecular weight excluding hydrogens is 350 g/mol. The van der Waals surface area contributed by atoms with Crippen LogP contribution in [0.4, 0.5) is 4.79 Å². The van der Waals surface area contributed by atoms with Gasteiger partial charge in [-0.2, -0.15) is 0 Å². The lowest BCUT2D eigenvalue weighted by Gasteiger charge is -2.12. The molecule has 0 aliphatic rings. The molecule has 26 heavy (non-hydrogen) atoms. The summed E-state index contributed by atoms with van der Waals surface area (Å²) in [5.41, 5.74) is 1.97. The highest BCUT2D eigenvalue weighted by Crippen LogP contribution is 2.27. The van der Waals surface area contributed by atoms with Gasteiger partial charge in [0, 0.05) is 5.56 Å². The molecule has 0 saturated heterocycles. The van der Waals surface area contributed by atoms with E-state index in [-0.39, 0.29) is 4.90 Å². The minimum Gasteiger partial charge on any atom is -0.409 e. The molecule has 0 spiro atoms. The van der Waals surface area contributed by atoms with Crippen LogP contribution >= 0.6 is 0 Å². The summed E-state index contributed by atoms with van der Waals surface area (Å²) in [5.74, 6) is 0.302. The highest BCUT2D eigenvalue weighted by atomic mass is 32.2. The monoisotopic (exact) mass is 367 g/mol. The summed E-state index contributed by atoms with van der Waals surface area (Å²) >= 11 is 0. The molecule has 1 amide bonds. The molecule has 0 aliphatic heterocycles. The van der Waals surface area contributed by atoms with Crippen molar-refractivity contribution < 1.29 is 17.9 Å². The van der Waals surface area contributed by atoms with E-state index in [2.05, 4.69) is 0 Å². The Hall–Kier alpha value is -3.12. The first-order chi connectivity index (χ1) is 12.5. The van der Waals surface area contributed by atoms with Gasteiger partial charge in [0.1, 0.15) is 5.75 Å². The Morgan fingerprint density at radius 3 is 2.19 bits per heavy atom. The molecule has 3 aromatic rings. The molecule has 0 unspecified atom stereocenters. The Kier molecular flexibility index (Phi) is 5.04. The molecular formula is C20H17NO4S. The third kappa shape index (κ3) is 3.92. The zero-order valence-electron chi connectivity index (χ0n) is 14.0. The molecule has 0 radical (unpaired) electrons. The number of ether oxygens (including phenoxy) is 1. The highest BCUT2D eigenvalue weighted by molar-refractivity contribution is 7.90. The van der Waals surface area contributed by atoms with Gasteiger partial charge in [0.25, 0.3) is 10.0 Å². The van der Waals surface area contributed by atoms with Crippen molar-refractivity contribution in [2.75, 3.05) is 0 Å². The maximum absolute atomic E-state index is 12.7. The van der Waals surface area contributed by atoms with Crippen LogP contribution in [0.1, 0.15) is 5.56 Å². The van der Waals surface area contributed by atoms with Gasteiger partial charge in [0.2, 0.25) is 0 Å². The summed E-state index contributed by atoms with van der Waals surface area (Å²) < 4.78 is 32.5. The summed E-state index contributed by atoms with van der Waals surface area (Å²) in [6.45, 7) is 1.77. The standard InChI is InChI=1S/C20H17NO4S/c1-15-9-5-7-13-18(15)25-20(22)21-26(23,24)19-14-8-6-12-17(19)16-10-3-2-4-11-16/h2-14H,1H3,(H,21,22). The molecule has 0 bridgehead atoms. The minimum absolute atomic E-state index is 0.00735. The predicted molar refractivity (Wildman–Crippen MR) is 99.4 cm³/mol. The second kappa shape index (κ2) is 7.41. The molecule has 3 rings (SSSR count). The van der Waals surface area contributed by atoms with E-state index in [4.69, 9.17) is 4.74 Å². The maximum atomic E-state index is 12.7. The summed E-state index contributed by atoms with van der Waals surface area (Å²) in [7, 11) is -4.10. The molecule has 1 N–H and O–H groups in total. The first-order valence-electron chi connectivity index (χ1n) is 7.92. The van der Waals surface area contributed by atoms with Crippen LogP contribution in [0.2, 0.25) is 0 Å². The SMILES string of the molecule is Cc1ccccc1OC(=O)NS(=O)(=O)c1ccccc1-c1ccccc1. The first-order valence-corrected chi connectivity index (χ1v) is 9.40. The van der Waals surface area contributed by atoms with Crippen molar-refractivity contribution in [3.05, 3.63) is 84.4 Å². The Bertz CT molecular complexity index is 1030. The number of amides is 1. The molecule has 0 heterocycles. The van der Waals surface area contributed by atoms with Gasteiger partial charge in [0.15, 0.2) is 0 Å². The number of aryl methyl sites for hydroxylation is 1. The molecule has 0 saturated carbocycles. The van der Waals surface area contributed by atoms with Crippen LogP contribution in [0.25, 0.3) is 11.1 Å². The average molecular weight is 367 g/mol. The maximum Gasteiger partial charge on any atom is 0.426 e. The van der Waals surface area contributed by atoms with Crippen LogP contribution < -0.4 is 9.46 Å². The molecule has 0 aliphatic carbocycles. The number of sulfonamides is 1. The highest BCUT2D eigenvalue weighted by Gasteiger charge is 2.22. The van der Waals surface area contributed by atoms with Crippen LogP contribution in [0.5, 0.6) is 5.75 Å². The second-order valence-corrected chi connectivity index (χ2v) is 7.27. The van der Waals surface area contributed by atoms with Crippen LogP contribution in [-0.2, 0) is 10.0 Å². The van der Waals surface area contributed by atoms with Gasteiger partial charge >= 0.3 is 6.09 Å². The Morgan fingerprint density at radius 2 is 1.46 bits per heavy atom. The van der Waals surface area contributed by atoms with Crippen molar-refractivity contribution in [3.8, 4) is 16.9 Å². The fourth-order valence-corrected chi connectivity index (χ4v) is 3.62. The average Bonchev–Trinajstić information content (AvgIpc) is 2.64. The number of para-hydroxylation sites is 1. The third-order valence-corrected chi connectivity index (χ3v) is 5.15. The molecule has 0 atom stereocenters. The van der Waals surface area contributed by atoms with E-state index in [1.165, 1.54) is 6.07 Å². The number of hydrogen-bond donors (Lipinski definition) is 1. The molecule has 132 valence electrons. The largest absolute Gasteiger partial charge is 0.426 e. The smallest absolute Gasteiger partial charge is 0.409 e. The van der Waals surface area contributed by atoms with Gasteiger partial charge in [0.05, 0.1) is 4.90 Å². The van der Waals surface area contributed by atoms with E-state index in [0.29, 0.717) is 11.3 Å². The van der Waals surface area contributed by atoms with Crippen molar-refractivity contribution >= 4 is 16.1 Å². The van der Waals surface area contributed by atoms with Crippen LogP contribution in [-0.4, -0.2) is 14.5 Å². The van der Waals surface area contributed by atoms with Gasteiger partial charge in [-0.15, -0.1) is 0 Å². The van der Waals surface area contributed by atoms with Crippen molar-refractivity contribution in [3.63, 3.8) is 0 Å². The zero-order chi connectivity index (χ0) is 18.6. The predicted octanol–water partition coefficient (Wildman–Crippen LogP) is 4.14. The van der Waals surface area contributed by atoms with E-state index in [1.807, 2.05) is 22.9 Å². The van der Waals surface area contributed by atoms with Crippen molar-refractivity contribution in [2.24, 2.45) is 0 Å². The van der Waals surface area contributed by atoms with Crippen molar-refractivity contribution in [2.45, 2.75) is 11.8 Å². The number of nitrogens with one attached hydrogen (secondary N) is 1. The summed E-state index contributed by atoms with van der Waals surface area (Å²) in [6, 6.07) is 22.4. The first kappa shape index (κ1) is 17.7. The van der Waals surface area contributed by atoms with E-state index >= 15 is 0 Å². The fraction of sp³-hybridized carbons (Fsp3) is 0.0500. The Morgan fingerprint density at radius 1 is 0.846 bits per heavy atom. The molecule has 5 nitrogen and oxygen atoms in total. The van der Waals surface area contributed by atoms with Gasteiger partial charge in [-0.3, -0.25) is 0 Å². The number of hydrogen-bond acceptors (Lipinski definition) is 4. The van der Waals surface area contributed by atoms with Gasteiger partial charge < -0.3 is 4.74 Å². The number of carbonyl (C=O) groups is 1. The Labute approximate surface area is 152 Å². The quantitative estimate of drug-likeness (QED) is 0.752. The molecule has 0 fully saturated rings. The van der Waals surface area contributed by atoms with Crippen LogP contribution in [0.3, 0.4) is 0 Å².